The molecule has 0 bridgehead atoms. The molecule has 0 radical (unpaired) electrons. The lowest BCUT2D eigenvalue weighted by atomic mass is 10.0. The van der Waals surface area contributed by atoms with Gasteiger partial charge in [-0.2, -0.15) is 0 Å². The minimum absolute atomic E-state index is 0.0910. The van der Waals surface area contributed by atoms with Crippen molar-refractivity contribution in [2.45, 2.75) is 6.04 Å². The third-order valence-corrected chi connectivity index (χ3v) is 2.57. The molecular formula is C12H20N4O. The van der Waals surface area contributed by atoms with Crippen LogP contribution in [0.3, 0.4) is 0 Å². The second-order valence-electron chi connectivity index (χ2n) is 3.99. The van der Waals surface area contributed by atoms with Crippen molar-refractivity contribution in [1.82, 2.24) is 4.90 Å². The van der Waals surface area contributed by atoms with E-state index in [1.54, 1.807) is 7.11 Å². The van der Waals surface area contributed by atoms with Gasteiger partial charge in [0.05, 0.1) is 19.7 Å². The van der Waals surface area contributed by atoms with Gasteiger partial charge in [0.2, 0.25) is 0 Å². The van der Waals surface area contributed by atoms with Crippen LogP contribution >= 0.6 is 0 Å². The van der Waals surface area contributed by atoms with Crippen LogP contribution in [0.15, 0.2) is 29.3 Å². The average molecular weight is 236 g/mol. The molecule has 5 nitrogen and oxygen atoms in total. The molecule has 1 aromatic rings. The molecular weight excluding hydrogens is 216 g/mol. The summed E-state index contributed by atoms with van der Waals surface area (Å²) in [5, 5.41) is 0. The third-order valence-electron chi connectivity index (χ3n) is 2.57. The van der Waals surface area contributed by atoms with E-state index in [1.807, 2.05) is 38.4 Å². The zero-order valence-electron chi connectivity index (χ0n) is 10.6. The van der Waals surface area contributed by atoms with Crippen molar-refractivity contribution < 1.29 is 4.74 Å². The SMILES string of the molecule is COc1ccccc1C(CN=C(N)N)N(C)C. The molecule has 1 atom stereocenters. The Kier molecular flexibility index (Phi) is 4.78. The fourth-order valence-corrected chi connectivity index (χ4v) is 1.67. The molecule has 1 rings (SSSR count). The molecule has 0 aliphatic heterocycles. The zero-order valence-corrected chi connectivity index (χ0v) is 10.6. The van der Waals surface area contributed by atoms with Crippen LogP contribution in [-0.4, -0.2) is 38.6 Å². The van der Waals surface area contributed by atoms with E-state index in [0.29, 0.717) is 6.54 Å². The number of hydrogen-bond donors (Lipinski definition) is 2. The molecule has 94 valence electrons. The van der Waals surface area contributed by atoms with Crippen LogP contribution in [-0.2, 0) is 0 Å². The maximum atomic E-state index is 5.37. The first-order chi connectivity index (χ1) is 8.06. The highest BCUT2D eigenvalue weighted by molar-refractivity contribution is 5.75. The van der Waals surface area contributed by atoms with E-state index in [1.165, 1.54) is 0 Å². The Balaban J connectivity index is 3.01. The molecule has 0 aliphatic carbocycles. The monoisotopic (exact) mass is 236 g/mol. The number of aliphatic imine (C=N–C) groups is 1. The average Bonchev–Trinajstić information content (AvgIpc) is 2.29. The Morgan fingerprint density at radius 2 is 2.00 bits per heavy atom. The molecule has 17 heavy (non-hydrogen) atoms. The van der Waals surface area contributed by atoms with Crippen LogP contribution in [0.2, 0.25) is 0 Å². The molecule has 0 saturated heterocycles. The first kappa shape index (κ1) is 13.3. The first-order valence-electron chi connectivity index (χ1n) is 5.41. The Bertz CT molecular complexity index is 386. The summed E-state index contributed by atoms with van der Waals surface area (Å²) in [6.45, 7) is 0.510. The lowest BCUT2D eigenvalue weighted by Gasteiger charge is -2.24. The Morgan fingerprint density at radius 3 is 2.53 bits per heavy atom. The summed E-state index contributed by atoms with van der Waals surface area (Å²) >= 11 is 0. The summed E-state index contributed by atoms with van der Waals surface area (Å²) in [7, 11) is 5.63. The topological polar surface area (TPSA) is 76.9 Å². The van der Waals surface area contributed by atoms with Crippen LogP contribution < -0.4 is 16.2 Å². The zero-order chi connectivity index (χ0) is 12.8. The van der Waals surface area contributed by atoms with Gasteiger partial charge >= 0.3 is 0 Å². The Morgan fingerprint density at radius 1 is 1.35 bits per heavy atom. The largest absolute Gasteiger partial charge is 0.496 e. The number of hydrogen-bond acceptors (Lipinski definition) is 3. The van der Waals surface area contributed by atoms with Crippen molar-refractivity contribution in [3.63, 3.8) is 0 Å². The summed E-state index contributed by atoms with van der Waals surface area (Å²) in [5.41, 5.74) is 11.8. The number of likely N-dealkylation sites (N-methyl/N-ethyl adjacent to an activating group) is 1. The molecule has 1 unspecified atom stereocenters. The molecule has 0 saturated carbocycles. The van der Waals surface area contributed by atoms with Crippen molar-refractivity contribution in [2.75, 3.05) is 27.7 Å². The summed E-state index contributed by atoms with van der Waals surface area (Å²) in [5.74, 6) is 0.948. The van der Waals surface area contributed by atoms with E-state index in [-0.39, 0.29) is 12.0 Å². The summed E-state index contributed by atoms with van der Waals surface area (Å²) in [4.78, 5) is 6.13. The van der Waals surface area contributed by atoms with Crippen LogP contribution in [0, 0.1) is 0 Å². The van der Waals surface area contributed by atoms with Gasteiger partial charge in [-0.3, -0.25) is 4.99 Å². The van der Waals surface area contributed by atoms with Gasteiger partial charge in [0.25, 0.3) is 0 Å². The highest BCUT2D eigenvalue weighted by Gasteiger charge is 2.17. The number of nitrogens with zero attached hydrogens (tertiary/aromatic N) is 2. The van der Waals surface area contributed by atoms with E-state index in [9.17, 15) is 0 Å². The van der Waals surface area contributed by atoms with E-state index < -0.39 is 0 Å². The second-order valence-corrected chi connectivity index (χ2v) is 3.99. The molecule has 0 spiro atoms. The van der Waals surface area contributed by atoms with E-state index >= 15 is 0 Å². The number of methoxy groups -OCH3 is 1. The van der Waals surface area contributed by atoms with Crippen LogP contribution in [0.4, 0.5) is 0 Å². The lowest BCUT2D eigenvalue weighted by molar-refractivity contribution is 0.295. The van der Waals surface area contributed by atoms with Gasteiger partial charge in [0.15, 0.2) is 5.96 Å². The van der Waals surface area contributed by atoms with Crippen molar-refractivity contribution in [3.05, 3.63) is 29.8 Å². The van der Waals surface area contributed by atoms with Crippen molar-refractivity contribution >= 4 is 5.96 Å². The van der Waals surface area contributed by atoms with Crippen molar-refractivity contribution in [2.24, 2.45) is 16.5 Å². The summed E-state index contributed by atoms with van der Waals surface area (Å²) < 4.78 is 5.35. The highest BCUT2D eigenvalue weighted by atomic mass is 16.5. The van der Waals surface area contributed by atoms with E-state index in [2.05, 4.69) is 9.89 Å². The Labute approximate surface area is 102 Å². The van der Waals surface area contributed by atoms with Gasteiger partial charge in [-0.1, -0.05) is 18.2 Å². The minimum Gasteiger partial charge on any atom is -0.496 e. The molecule has 0 heterocycles. The molecule has 0 amide bonds. The summed E-state index contributed by atoms with van der Waals surface area (Å²) in [6.07, 6.45) is 0. The van der Waals surface area contributed by atoms with Crippen LogP contribution in [0.25, 0.3) is 0 Å². The quantitative estimate of drug-likeness (QED) is 0.579. The highest BCUT2D eigenvalue weighted by Crippen LogP contribution is 2.27. The molecule has 0 aliphatic rings. The predicted octanol–water partition coefficient (Wildman–Crippen LogP) is 0.571. The van der Waals surface area contributed by atoms with Gasteiger partial charge in [-0.05, 0) is 20.2 Å². The number of nitrogens with two attached hydrogens (primary N) is 2. The second kappa shape index (κ2) is 6.10. The predicted molar refractivity (Wildman–Crippen MR) is 70.1 cm³/mol. The van der Waals surface area contributed by atoms with Crippen molar-refractivity contribution in [1.29, 1.82) is 0 Å². The fourth-order valence-electron chi connectivity index (χ4n) is 1.67. The molecule has 5 heteroatoms. The maximum absolute atomic E-state index is 5.37. The van der Waals surface area contributed by atoms with E-state index in [0.717, 1.165) is 11.3 Å². The van der Waals surface area contributed by atoms with Crippen molar-refractivity contribution in [3.8, 4) is 5.75 Å². The maximum Gasteiger partial charge on any atom is 0.185 e. The fraction of sp³-hybridized carbons (Fsp3) is 0.417. The standard InChI is InChI=1S/C12H20N4O/c1-16(2)10(8-15-12(13)14)9-6-4-5-7-11(9)17-3/h4-7,10H,8H2,1-3H3,(H4,13,14,15). The number of guanidine groups is 1. The lowest BCUT2D eigenvalue weighted by Crippen LogP contribution is -2.27. The number of rotatable bonds is 5. The van der Waals surface area contributed by atoms with Crippen LogP contribution in [0.1, 0.15) is 11.6 Å². The summed E-state index contributed by atoms with van der Waals surface area (Å²) in [6, 6.07) is 7.96. The van der Waals surface area contributed by atoms with Crippen LogP contribution in [0.5, 0.6) is 5.75 Å². The smallest absolute Gasteiger partial charge is 0.185 e. The molecule has 1 aromatic carbocycles. The molecule has 4 N–H and O–H groups in total. The normalized spacial score (nSPS) is 12.2. The Hall–Kier alpha value is -1.75. The number of para-hydroxylation sites is 1. The van der Waals surface area contributed by atoms with E-state index in [4.69, 9.17) is 16.2 Å². The minimum atomic E-state index is 0.0910. The van der Waals surface area contributed by atoms with Gasteiger partial charge in [-0.15, -0.1) is 0 Å². The van der Waals surface area contributed by atoms with Gasteiger partial charge in [-0.25, -0.2) is 0 Å². The number of benzene rings is 1. The van der Waals surface area contributed by atoms with Gasteiger partial charge in [0.1, 0.15) is 5.75 Å². The van der Waals surface area contributed by atoms with Gasteiger partial charge in [0, 0.05) is 5.56 Å². The molecule has 0 fully saturated rings. The first-order valence-corrected chi connectivity index (χ1v) is 5.41. The third kappa shape index (κ3) is 3.64. The number of ether oxygens (including phenoxy) is 1. The van der Waals surface area contributed by atoms with Gasteiger partial charge < -0.3 is 21.1 Å². The molecule has 0 aromatic heterocycles.